The molecule has 0 aliphatic carbocycles. The monoisotopic (exact) mass is 359 g/mol. The number of para-hydroxylation sites is 1. The van der Waals surface area contributed by atoms with Gasteiger partial charge in [0.05, 0.1) is 16.2 Å². The Bertz CT molecular complexity index is 825. The predicted octanol–water partition coefficient (Wildman–Crippen LogP) is 3.16. The van der Waals surface area contributed by atoms with E-state index in [9.17, 15) is 9.59 Å². The molecule has 1 aliphatic rings. The zero-order chi connectivity index (χ0) is 18.0. The number of carbonyl (C=O) groups excluding carboxylic acids is 1. The smallest absolute Gasteiger partial charge is 0.262 e. The highest BCUT2D eigenvalue weighted by atomic mass is 32.2. The number of thioether (sulfide) groups is 1. The molecule has 6 heteroatoms. The molecule has 1 fully saturated rings. The molecule has 0 bridgehead atoms. The Morgan fingerprint density at radius 2 is 2.00 bits per heavy atom. The molecule has 1 aromatic carbocycles. The van der Waals surface area contributed by atoms with Crippen molar-refractivity contribution in [3.8, 4) is 0 Å². The van der Waals surface area contributed by atoms with Gasteiger partial charge in [0.1, 0.15) is 0 Å². The molecule has 2 aromatic rings. The Morgan fingerprint density at radius 1 is 1.32 bits per heavy atom. The third kappa shape index (κ3) is 3.73. The van der Waals surface area contributed by atoms with Crippen LogP contribution in [0.25, 0.3) is 10.9 Å². The first kappa shape index (κ1) is 18.0. The summed E-state index contributed by atoms with van der Waals surface area (Å²) in [7, 11) is 0. The number of amides is 1. The van der Waals surface area contributed by atoms with Crippen LogP contribution in [0.1, 0.15) is 33.6 Å². The lowest BCUT2D eigenvalue weighted by Gasteiger charge is -2.32. The van der Waals surface area contributed by atoms with E-state index >= 15 is 0 Å². The second-order valence-corrected chi connectivity index (χ2v) is 8.04. The molecule has 0 saturated carbocycles. The fraction of sp³-hybridized carbons (Fsp3) is 0.526. The van der Waals surface area contributed by atoms with Gasteiger partial charge in [-0.05, 0) is 44.7 Å². The third-order valence-corrected chi connectivity index (χ3v) is 5.95. The maximum Gasteiger partial charge on any atom is 0.262 e. The van der Waals surface area contributed by atoms with Crippen molar-refractivity contribution < 1.29 is 4.79 Å². The Labute approximate surface area is 152 Å². The van der Waals surface area contributed by atoms with Crippen LogP contribution in [0.4, 0.5) is 0 Å². The van der Waals surface area contributed by atoms with Crippen molar-refractivity contribution >= 4 is 28.6 Å². The third-order valence-electron chi connectivity index (χ3n) is 4.87. The zero-order valence-corrected chi connectivity index (χ0v) is 15.9. The van der Waals surface area contributed by atoms with Crippen molar-refractivity contribution in [1.82, 2.24) is 14.5 Å². The first-order valence-electron chi connectivity index (χ1n) is 8.96. The largest absolute Gasteiger partial charge is 0.342 e. The molecule has 0 unspecified atom stereocenters. The summed E-state index contributed by atoms with van der Waals surface area (Å²) in [5, 5.41) is 0.995. The van der Waals surface area contributed by atoms with Crippen LogP contribution in [0.3, 0.4) is 0 Å². The van der Waals surface area contributed by atoms with Crippen molar-refractivity contribution in [1.29, 1.82) is 0 Å². The maximum absolute atomic E-state index is 12.7. The molecular formula is C19H25N3O2S. The number of aromatic nitrogens is 2. The van der Waals surface area contributed by atoms with Gasteiger partial charge in [0.15, 0.2) is 5.16 Å². The summed E-state index contributed by atoms with van der Waals surface area (Å²) >= 11 is 1.39. The van der Waals surface area contributed by atoms with Crippen LogP contribution in [-0.2, 0) is 11.3 Å². The summed E-state index contributed by atoms with van der Waals surface area (Å²) < 4.78 is 1.66. The SMILES string of the molecule is CCn1c(S[C@H](C)C(=O)N2CCC(C)CC2)nc2ccccc2c1=O. The minimum Gasteiger partial charge on any atom is -0.342 e. The normalized spacial score (nSPS) is 17.0. The number of fused-ring (bicyclic) bond motifs is 1. The summed E-state index contributed by atoms with van der Waals surface area (Å²) in [6.07, 6.45) is 2.13. The number of rotatable bonds is 4. The van der Waals surface area contributed by atoms with Crippen LogP contribution in [0.2, 0.25) is 0 Å². The Kier molecular flexibility index (Phi) is 5.47. The van der Waals surface area contributed by atoms with E-state index in [4.69, 9.17) is 0 Å². The Morgan fingerprint density at radius 3 is 2.68 bits per heavy atom. The van der Waals surface area contributed by atoms with Gasteiger partial charge in [0, 0.05) is 19.6 Å². The molecule has 1 aromatic heterocycles. The van der Waals surface area contributed by atoms with Gasteiger partial charge in [0.25, 0.3) is 5.56 Å². The van der Waals surface area contributed by atoms with E-state index in [0.717, 1.165) is 25.9 Å². The summed E-state index contributed by atoms with van der Waals surface area (Å²) in [6, 6.07) is 7.37. The fourth-order valence-electron chi connectivity index (χ4n) is 3.21. The summed E-state index contributed by atoms with van der Waals surface area (Å²) in [5.41, 5.74) is 0.646. The van der Waals surface area contributed by atoms with Gasteiger partial charge in [-0.15, -0.1) is 0 Å². The van der Waals surface area contributed by atoms with E-state index in [-0.39, 0.29) is 16.7 Å². The molecule has 1 aliphatic heterocycles. The van der Waals surface area contributed by atoms with Crippen molar-refractivity contribution in [2.24, 2.45) is 5.92 Å². The average molecular weight is 359 g/mol. The zero-order valence-electron chi connectivity index (χ0n) is 15.1. The molecule has 0 N–H and O–H groups in total. The molecule has 1 atom stereocenters. The second kappa shape index (κ2) is 7.60. The number of hydrogen-bond acceptors (Lipinski definition) is 4. The summed E-state index contributed by atoms with van der Waals surface area (Å²) in [6.45, 7) is 8.28. The molecule has 3 rings (SSSR count). The first-order chi connectivity index (χ1) is 12.0. The van der Waals surface area contributed by atoms with E-state index in [0.29, 0.717) is 28.5 Å². The van der Waals surface area contributed by atoms with Gasteiger partial charge in [-0.25, -0.2) is 4.98 Å². The Hall–Kier alpha value is -1.82. The first-order valence-corrected chi connectivity index (χ1v) is 9.84. The molecule has 5 nitrogen and oxygen atoms in total. The van der Waals surface area contributed by atoms with Gasteiger partial charge in [-0.3, -0.25) is 14.2 Å². The maximum atomic E-state index is 12.7. The van der Waals surface area contributed by atoms with Gasteiger partial charge in [-0.2, -0.15) is 0 Å². The topological polar surface area (TPSA) is 55.2 Å². The number of hydrogen-bond donors (Lipinski definition) is 0. The van der Waals surface area contributed by atoms with Crippen LogP contribution in [-0.4, -0.2) is 38.7 Å². The molecular weight excluding hydrogens is 334 g/mol. The second-order valence-electron chi connectivity index (χ2n) is 6.73. The number of nitrogens with zero attached hydrogens (tertiary/aromatic N) is 3. The molecule has 2 heterocycles. The lowest BCUT2D eigenvalue weighted by atomic mass is 9.99. The number of likely N-dealkylation sites (tertiary alicyclic amines) is 1. The minimum atomic E-state index is -0.251. The van der Waals surface area contributed by atoms with Crippen LogP contribution < -0.4 is 5.56 Å². The van der Waals surface area contributed by atoms with Crippen LogP contribution >= 0.6 is 11.8 Å². The molecule has 134 valence electrons. The van der Waals surface area contributed by atoms with Crippen molar-refractivity contribution in [2.45, 2.75) is 50.6 Å². The van der Waals surface area contributed by atoms with E-state index < -0.39 is 0 Å². The fourth-order valence-corrected chi connectivity index (χ4v) is 4.27. The quantitative estimate of drug-likeness (QED) is 0.622. The van der Waals surface area contributed by atoms with Crippen LogP contribution in [0.15, 0.2) is 34.2 Å². The van der Waals surface area contributed by atoms with Gasteiger partial charge >= 0.3 is 0 Å². The van der Waals surface area contributed by atoms with Crippen molar-refractivity contribution in [3.05, 3.63) is 34.6 Å². The van der Waals surface area contributed by atoms with Gasteiger partial charge in [0.2, 0.25) is 5.91 Å². The lowest BCUT2D eigenvalue weighted by Crippen LogP contribution is -2.42. The highest BCUT2D eigenvalue weighted by molar-refractivity contribution is 8.00. The Balaban J connectivity index is 1.84. The van der Waals surface area contributed by atoms with Crippen molar-refractivity contribution in [3.63, 3.8) is 0 Å². The molecule has 1 amide bonds. The van der Waals surface area contributed by atoms with Gasteiger partial charge in [-0.1, -0.05) is 30.8 Å². The van der Waals surface area contributed by atoms with Crippen molar-refractivity contribution in [2.75, 3.05) is 13.1 Å². The highest BCUT2D eigenvalue weighted by Gasteiger charge is 2.26. The van der Waals surface area contributed by atoms with Crippen LogP contribution in [0.5, 0.6) is 0 Å². The number of carbonyl (C=O) groups is 1. The van der Waals surface area contributed by atoms with Crippen LogP contribution in [0, 0.1) is 5.92 Å². The predicted molar refractivity (Wildman–Crippen MR) is 102 cm³/mol. The number of benzene rings is 1. The molecule has 0 radical (unpaired) electrons. The average Bonchev–Trinajstić information content (AvgIpc) is 2.62. The number of piperidine rings is 1. The molecule has 25 heavy (non-hydrogen) atoms. The highest BCUT2D eigenvalue weighted by Crippen LogP contribution is 2.25. The molecule has 1 saturated heterocycles. The summed E-state index contributed by atoms with van der Waals surface area (Å²) in [5.74, 6) is 0.835. The van der Waals surface area contributed by atoms with E-state index in [2.05, 4.69) is 11.9 Å². The summed E-state index contributed by atoms with van der Waals surface area (Å²) in [4.78, 5) is 32.0. The lowest BCUT2D eigenvalue weighted by molar-refractivity contribution is -0.131. The van der Waals surface area contributed by atoms with Gasteiger partial charge < -0.3 is 4.90 Å². The van der Waals surface area contributed by atoms with E-state index in [1.54, 1.807) is 10.6 Å². The minimum absolute atomic E-state index is 0.0398. The van der Waals surface area contributed by atoms with E-state index in [1.807, 2.05) is 36.9 Å². The molecule has 0 spiro atoms. The van der Waals surface area contributed by atoms with E-state index in [1.165, 1.54) is 11.8 Å². The standard InChI is InChI=1S/C19H25N3O2S/c1-4-22-18(24)15-7-5-6-8-16(15)20-19(22)25-14(3)17(23)21-11-9-13(2)10-12-21/h5-8,13-14H,4,9-12H2,1-3H3/t14-/m1/s1.